The summed E-state index contributed by atoms with van der Waals surface area (Å²) in [5.41, 5.74) is 6.19. The molecule has 0 heterocycles. The molecule has 1 aromatic carbocycles. The first-order valence-electron chi connectivity index (χ1n) is 8.09. The van der Waals surface area contributed by atoms with Gasteiger partial charge in [0, 0.05) is 11.5 Å². The largest absolute Gasteiger partial charge is 0.508 e. The van der Waals surface area contributed by atoms with E-state index in [0.717, 1.165) is 31.2 Å². The van der Waals surface area contributed by atoms with Crippen molar-refractivity contribution in [2.24, 2.45) is 5.92 Å². The van der Waals surface area contributed by atoms with E-state index in [1.807, 2.05) is 6.07 Å². The Morgan fingerprint density at radius 1 is 1.33 bits per heavy atom. The van der Waals surface area contributed by atoms with Crippen LogP contribution in [0, 0.1) is 12.8 Å². The van der Waals surface area contributed by atoms with Gasteiger partial charge in [0.2, 0.25) is 0 Å². The van der Waals surface area contributed by atoms with Gasteiger partial charge in [-0.05, 0) is 63.1 Å². The van der Waals surface area contributed by atoms with Crippen molar-refractivity contribution in [2.75, 3.05) is 0 Å². The smallest absolute Gasteiger partial charge is 0.119 e. The maximum Gasteiger partial charge on any atom is 0.119 e. The van der Waals surface area contributed by atoms with Gasteiger partial charge >= 0.3 is 0 Å². The summed E-state index contributed by atoms with van der Waals surface area (Å²) < 4.78 is 0. The Labute approximate surface area is 129 Å². The number of phenolic OH excluding ortho intramolecular Hbond substituents is 1. The van der Waals surface area contributed by atoms with Crippen LogP contribution >= 0.6 is 0 Å². The van der Waals surface area contributed by atoms with Crippen LogP contribution in [0.5, 0.6) is 5.75 Å². The molecule has 1 aliphatic carbocycles. The predicted octanol–water partition coefficient (Wildman–Crippen LogP) is 5.67. The molecule has 2 unspecified atom stereocenters. The van der Waals surface area contributed by atoms with Crippen molar-refractivity contribution in [1.82, 2.24) is 0 Å². The van der Waals surface area contributed by atoms with Crippen LogP contribution in [-0.2, 0) is 6.42 Å². The molecule has 0 radical (unpaired) electrons. The van der Waals surface area contributed by atoms with Gasteiger partial charge in [0.1, 0.15) is 5.75 Å². The van der Waals surface area contributed by atoms with Gasteiger partial charge in [0.25, 0.3) is 0 Å². The monoisotopic (exact) mass is 284 g/mol. The average Bonchev–Trinajstić information content (AvgIpc) is 2.38. The third kappa shape index (κ3) is 3.40. The molecule has 0 saturated carbocycles. The van der Waals surface area contributed by atoms with Gasteiger partial charge in [0.05, 0.1) is 0 Å². The molecule has 1 N–H and O–H groups in total. The Bertz CT molecular complexity index is 542. The number of aromatic hydroxyl groups is 1. The molecule has 0 fully saturated rings. The van der Waals surface area contributed by atoms with Crippen molar-refractivity contribution in [3.05, 3.63) is 52.6 Å². The highest BCUT2D eigenvalue weighted by atomic mass is 16.3. The second kappa shape index (κ2) is 6.51. The average molecular weight is 284 g/mol. The summed E-state index contributed by atoms with van der Waals surface area (Å²) in [5.74, 6) is 1.17. The van der Waals surface area contributed by atoms with Crippen LogP contribution in [0.15, 0.2) is 35.9 Å². The van der Waals surface area contributed by atoms with Gasteiger partial charge in [-0.1, -0.05) is 43.2 Å². The third-order valence-electron chi connectivity index (χ3n) is 4.68. The van der Waals surface area contributed by atoms with Gasteiger partial charge < -0.3 is 5.11 Å². The van der Waals surface area contributed by atoms with Crippen LogP contribution in [0.2, 0.25) is 0 Å². The molecule has 0 saturated heterocycles. The summed E-state index contributed by atoms with van der Waals surface area (Å²) in [5, 5.41) is 10.6. The maximum absolute atomic E-state index is 10.6. The highest BCUT2D eigenvalue weighted by Gasteiger charge is 2.28. The first-order chi connectivity index (χ1) is 9.93. The van der Waals surface area contributed by atoms with Crippen molar-refractivity contribution < 1.29 is 5.11 Å². The Hall–Kier alpha value is -1.50. The fourth-order valence-corrected chi connectivity index (χ4v) is 3.63. The van der Waals surface area contributed by atoms with E-state index >= 15 is 0 Å². The van der Waals surface area contributed by atoms with Crippen LogP contribution in [0.25, 0.3) is 0 Å². The van der Waals surface area contributed by atoms with E-state index in [1.54, 1.807) is 0 Å². The lowest BCUT2D eigenvalue weighted by Gasteiger charge is -2.32. The lowest BCUT2D eigenvalue weighted by molar-refractivity contribution is 0.434. The summed E-state index contributed by atoms with van der Waals surface area (Å²) in [6.07, 6.45) is 6.75. The van der Waals surface area contributed by atoms with E-state index in [1.165, 1.54) is 22.3 Å². The van der Waals surface area contributed by atoms with Gasteiger partial charge in [-0.15, -0.1) is 0 Å². The SMILES string of the molecule is C=C(C)C1CCC(C)=CC1c1c(C)cc(CCC)cc1O. The predicted molar refractivity (Wildman–Crippen MR) is 90.9 cm³/mol. The Morgan fingerprint density at radius 2 is 2.05 bits per heavy atom. The fourth-order valence-electron chi connectivity index (χ4n) is 3.63. The minimum Gasteiger partial charge on any atom is -0.508 e. The standard InChI is InChI=1S/C20H28O/c1-6-7-16-11-15(5)20(19(21)12-16)18-10-14(4)8-9-17(18)13(2)3/h10-12,17-18,21H,2,6-9H2,1,3-5H3. The quantitative estimate of drug-likeness (QED) is 0.706. The minimum absolute atomic E-state index is 0.270. The van der Waals surface area contributed by atoms with Crippen molar-refractivity contribution in [1.29, 1.82) is 0 Å². The molecule has 2 rings (SSSR count). The van der Waals surface area contributed by atoms with Gasteiger partial charge in [0.15, 0.2) is 0 Å². The Morgan fingerprint density at radius 3 is 2.62 bits per heavy atom. The molecule has 1 heteroatoms. The summed E-state index contributed by atoms with van der Waals surface area (Å²) in [4.78, 5) is 0. The lowest BCUT2D eigenvalue weighted by atomic mass is 9.73. The van der Waals surface area contributed by atoms with Crippen LogP contribution in [-0.4, -0.2) is 5.11 Å². The van der Waals surface area contributed by atoms with Crippen molar-refractivity contribution in [3.63, 3.8) is 0 Å². The maximum atomic E-state index is 10.6. The van der Waals surface area contributed by atoms with E-state index in [0.29, 0.717) is 11.7 Å². The van der Waals surface area contributed by atoms with E-state index in [-0.39, 0.29) is 5.92 Å². The number of hydrogen-bond acceptors (Lipinski definition) is 1. The number of rotatable bonds is 4. The Balaban J connectivity index is 2.48. The second-order valence-corrected chi connectivity index (χ2v) is 6.63. The summed E-state index contributed by atoms with van der Waals surface area (Å²) >= 11 is 0. The number of allylic oxidation sites excluding steroid dienone is 3. The summed E-state index contributed by atoms with van der Waals surface area (Å²) in [7, 11) is 0. The number of benzene rings is 1. The molecular formula is C20H28O. The van der Waals surface area contributed by atoms with Crippen molar-refractivity contribution >= 4 is 0 Å². The zero-order valence-electron chi connectivity index (χ0n) is 13.9. The van der Waals surface area contributed by atoms with Crippen molar-refractivity contribution in [3.8, 4) is 5.75 Å². The fraction of sp³-hybridized carbons (Fsp3) is 0.500. The Kier molecular flexibility index (Phi) is 4.92. The van der Waals surface area contributed by atoms with E-state index in [4.69, 9.17) is 0 Å². The molecule has 1 aromatic rings. The highest BCUT2D eigenvalue weighted by Crippen LogP contribution is 2.44. The van der Waals surface area contributed by atoms with Crippen molar-refractivity contribution in [2.45, 2.75) is 59.3 Å². The van der Waals surface area contributed by atoms with Crippen LogP contribution in [0.3, 0.4) is 0 Å². The van der Waals surface area contributed by atoms with E-state index < -0.39 is 0 Å². The molecule has 1 nitrogen and oxygen atoms in total. The molecule has 0 aliphatic heterocycles. The normalized spacial score (nSPS) is 22.0. The van der Waals surface area contributed by atoms with E-state index in [9.17, 15) is 5.11 Å². The molecular weight excluding hydrogens is 256 g/mol. The number of phenols is 1. The molecule has 0 bridgehead atoms. The third-order valence-corrected chi connectivity index (χ3v) is 4.68. The molecule has 0 amide bonds. The number of aryl methyl sites for hydroxylation is 2. The summed E-state index contributed by atoms with van der Waals surface area (Å²) in [6.45, 7) is 12.8. The molecule has 114 valence electrons. The second-order valence-electron chi connectivity index (χ2n) is 6.63. The van der Waals surface area contributed by atoms with Gasteiger partial charge in [-0.3, -0.25) is 0 Å². The van der Waals surface area contributed by atoms with Crippen LogP contribution in [0.4, 0.5) is 0 Å². The molecule has 1 aliphatic rings. The molecule has 2 atom stereocenters. The van der Waals surface area contributed by atoms with Gasteiger partial charge in [-0.2, -0.15) is 0 Å². The minimum atomic E-state index is 0.270. The molecule has 0 aromatic heterocycles. The summed E-state index contributed by atoms with van der Waals surface area (Å²) in [6, 6.07) is 4.20. The van der Waals surface area contributed by atoms with Gasteiger partial charge in [-0.25, -0.2) is 0 Å². The zero-order chi connectivity index (χ0) is 15.6. The first kappa shape index (κ1) is 15.9. The topological polar surface area (TPSA) is 20.2 Å². The first-order valence-corrected chi connectivity index (χ1v) is 8.09. The van der Waals surface area contributed by atoms with Crippen LogP contribution < -0.4 is 0 Å². The lowest BCUT2D eigenvalue weighted by Crippen LogP contribution is -2.18. The van der Waals surface area contributed by atoms with E-state index in [2.05, 4.69) is 46.4 Å². The van der Waals surface area contributed by atoms with Crippen LogP contribution in [0.1, 0.15) is 62.6 Å². The highest BCUT2D eigenvalue weighted by molar-refractivity contribution is 5.48. The zero-order valence-corrected chi connectivity index (χ0v) is 13.9. The molecule has 21 heavy (non-hydrogen) atoms. The molecule has 0 spiro atoms. The number of hydrogen-bond donors (Lipinski definition) is 1.